The molecule has 2 heterocycles. The van der Waals surface area contributed by atoms with E-state index in [-0.39, 0.29) is 23.8 Å². The molecule has 3 rings (SSSR count). The number of hydrogen-bond donors (Lipinski definition) is 1. The first-order valence-corrected chi connectivity index (χ1v) is 8.48. The molecule has 25 heavy (non-hydrogen) atoms. The Hall–Kier alpha value is -2.02. The second kappa shape index (κ2) is 6.71. The van der Waals surface area contributed by atoms with Gasteiger partial charge in [-0.3, -0.25) is 9.59 Å². The van der Waals surface area contributed by atoms with Gasteiger partial charge in [0, 0.05) is 38.0 Å². The van der Waals surface area contributed by atoms with Crippen LogP contribution in [0, 0.1) is 17.0 Å². The minimum Gasteiger partial charge on any atom is -0.384 e. The van der Waals surface area contributed by atoms with Crippen molar-refractivity contribution < 1.29 is 23.5 Å². The summed E-state index contributed by atoms with van der Waals surface area (Å²) in [5, 5.41) is 9.41. The summed E-state index contributed by atoms with van der Waals surface area (Å²) >= 11 is 0. The highest BCUT2D eigenvalue weighted by molar-refractivity contribution is 5.81. The van der Waals surface area contributed by atoms with Crippen molar-refractivity contribution in [1.29, 1.82) is 0 Å². The van der Waals surface area contributed by atoms with Gasteiger partial charge in [-0.15, -0.1) is 0 Å². The molecular weight excluding hydrogens is 330 g/mol. The van der Waals surface area contributed by atoms with E-state index in [0.29, 0.717) is 44.5 Å². The minimum absolute atomic E-state index is 0.0000333. The Morgan fingerprint density at radius 3 is 2.56 bits per heavy atom. The summed E-state index contributed by atoms with van der Waals surface area (Å²) in [7, 11) is 0. The van der Waals surface area contributed by atoms with Gasteiger partial charge in [-0.25, -0.2) is 8.78 Å². The fourth-order valence-corrected chi connectivity index (χ4v) is 3.78. The van der Waals surface area contributed by atoms with Crippen LogP contribution in [0.15, 0.2) is 18.2 Å². The van der Waals surface area contributed by atoms with Crippen molar-refractivity contribution in [3.05, 3.63) is 35.4 Å². The lowest BCUT2D eigenvalue weighted by atomic mass is 9.77. The van der Waals surface area contributed by atoms with Crippen LogP contribution < -0.4 is 0 Å². The Bertz CT molecular complexity index is 685. The van der Waals surface area contributed by atoms with E-state index < -0.39 is 17.7 Å². The summed E-state index contributed by atoms with van der Waals surface area (Å²) in [5.74, 6) is -2.09. The predicted octanol–water partition coefficient (Wildman–Crippen LogP) is 1.69. The van der Waals surface area contributed by atoms with Gasteiger partial charge in [0.1, 0.15) is 6.10 Å². The Morgan fingerprint density at radius 2 is 1.96 bits per heavy atom. The van der Waals surface area contributed by atoms with Gasteiger partial charge in [0.05, 0.1) is 0 Å². The van der Waals surface area contributed by atoms with Crippen molar-refractivity contribution in [1.82, 2.24) is 9.80 Å². The highest BCUT2D eigenvalue weighted by atomic mass is 19.2. The lowest BCUT2D eigenvalue weighted by Crippen LogP contribution is -2.47. The third-order valence-corrected chi connectivity index (χ3v) is 5.26. The maximum Gasteiger partial charge on any atom is 0.251 e. The molecule has 1 spiro atoms. The molecule has 2 aliphatic rings. The van der Waals surface area contributed by atoms with E-state index in [1.54, 1.807) is 9.80 Å². The van der Waals surface area contributed by atoms with Crippen LogP contribution in [0.25, 0.3) is 0 Å². The molecule has 136 valence electrons. The van der Waals surface area contributed by atoms with Crippen LogP contribution in [0.2, 0.25) is 0 Å². The summed E-state index contributed by atoms with van der Waals surface area (Å²) in [4.78, 5) is 27.5. The third-order valence-electron chi connectivity index (χ3n) is 5.26. The number of rotatable bonds is 3. The highest BCUT2D eigenvalue weighted by Gasteiger charge is 2.45. The smallest absolute Gasteiger partial charge is 0.251 e. The number of aliphatic hydroxyl groups is 1. The standard InChI is InChI=1S/C18H22F2N2O3/c1-12(23)17(25)21-6-4-18(5-7-21)9-16(24)22(11-18)10-13-2-3-14(19)15(20)8-13/h2-3,8,12,23H,4-7,9-11H2,1H3/t12-/m1/s1. The second-order valence-corrected chi connectivity index (χ2v) is 7.18. The van der Waals surface area contributed by atoms with Gasteiger partial charge in [-0.2, -0.15) is 0 Å². The van der Waals surface area contributed by atoms with Crippen LogP contribution in [0.5, 0.6) is 0 Å². The number of halogens is 2. The zero-order valence-corrected chi connectivity index (χ0v) is 14.2. The fourth-order valence-electron chi connectivity index (χ4n) is 3.78. The molecule has 7 heteroatoms. The van der Waals surface area contributed by atoms with E-state index in [1.165, 1.54) is 13.0 Å². The molecule has 0 radical (unpaired) electrons. The van der Waals surface area contributed by atoms with Crippen molar-refractivity contribution in [2.75, 3.05) is 19.6 Å². The quantitative estimate of drug-likeness (QED) is 0.901. The van der Waals surface area contributed by atoms with Gasteiger partial charge >= 0.3 is 0 Å². The molecule has 1 aromatic carbocycles. The molecule has 5 nitrogen and oxygen atoms in total. The number of carbonyl (C=O) groups is 2. The van der Waals surface area contributed by atoms with Crippen LogP contribution >= 0.6 is 0 Å². The minimum atomic E-state index is -1.01. The average Bonchev–Trinajstić information content (AvgIpc) is 2.86. The van der Waals surface area contributed by atoms with Crippen LogP contribution in [0.3, 0.4) is 0 Å². The van der Waals surface area contributed by atoms with Gasteiger partial charge in [0.15, 0.2) is 11.6 Å². The number of aliphatic hydroxyl groups excluding tert-OH is 1. The van der Waals surface area contributed by atoms with Crippen LogP contribution in [-0.2, 0) is 16.1 Å². The first kappa shape index (κ1) is 17.8. The molecule has 0 unspecified atom stereocenters. The second-order valence-electron chi connectivity index (χ2n) is 7.18. The number of amides is 2. The Labute approximate surface area is 145 Å². The van der Waals surface area contributed by atoms with E-state index in [0.717, 1.165) is 12.1 Å². The fraction of sp³-hybridized carbons (Fsp3) is 0.556. The first-order valence-electron chi connectivity index (χ1n) is 8.48. The monoisotopic (exact) mass is 352 g/mol. The molecule has 2 amide bonds. The summed E-state index contributed by atoms with van der Waals surface area (Å²) in [6.07, 6.45) is 0.800. The predicted molar refractivity (Wildman–Crippen MR) is 86.3 cm³/mol. The molecule has 1 aromatic rings. The molecule has 0 bridgehead atoms. The lowest BCUT2D eigenvalue weighted by Gasteiger charge is -2.39. The number of likely N-dealkylation sites (tertiary alicyclic amines) is 2. The van der Waals surface area contributed by atoms with E-state index in [4.69, 9.17) is 0 Å². The van der Waals surface area contributed by atoms with Crippen molar-refractivity contribution in [2.45, 2.75) is 38.8 Å². The molecule has 1 N–H and O–H groups in total. The maximum absolute atomic E-state index is 13.3. The van der Waals surface area contributed by atoms with E-state index in [9.17, 15) is 23.5 Å². The summed E-state index contributed by atoms with van der Waals surface area (Å²) in [5.41, 5.74) is 0.386. The first-order chi connectivity index (χ1) is 11.8. The SMILES string of the molecule is C[C@@H](O)C(=O)N1CCC2(CC1)CC(=O)N(Cc1ccc(F)c(F)c1)C2. The highest BCUT2D eigenvalue weighted by Crippen LogP contribution is 2.41. The normalized spacial score (nSPS) is 21.0. The average molecular weight is 352 g/mol. The molecule has 2 saturated heterocycles. The number of hydrogen-bond acceptors (Lipinski definition) is 3. The van der Waals surface area contributed by atoms with Crippen molar-refractivity contribution >= 4 is 11.8 Å². The molecule has 0 saturated carbocycles. The van der Waals surface area contributed by atoms with Crippen molar-refractivity contribution in [3.8, 4) is 0 Å². The Balaban J connectivity index is 1.63. The summed E-state index contributed by atoms with van der Waals surface area (Å²) in [6, 6.07) is 3.68. The lowest BCUT2D eigenvalue weighted by molar-refractivity contribution is -0.141. The van der Waals surface area contributed by atoms with Crippen LogP contribution in [0.1, 0.15) is 31.7 Å². The molecule has 0 aliphatic carbocycles. The zero-order valence-electron chi connectivity index (χ0n) is 14.2. The third kappa shape index (κ3) is 3.66. The number of nitrogens with zero attached hydrogens (tertiary/aromatic N) is 2. The van der Waals surface area contributed by atoms with Gasteiger partial charge in [-0.05, 0) is 37.5 Å². The molecule has 2 aliphatic heterocycles. The molecule has 2 fully saturated rings. The van der Waals surface area contributed by atoms with Crippen LogP contribution in [0.4, 0.5) is 8.78 Å². The summed E-state index contributed by atoms with van der Waals surface area (Å²) < 4.78 is 26.4. The molecular formula is C18H22F2N2O3. The zero-order chi connectivity index (χ0) is 18.2. The molecule has 1 atom stereocenters. The van der Waals surface area contributed by atoms with Crippen molar-refractivity contribution in [2.24, 2.45) is 5.41 Å². The number of benzene rings is 1. The van der Waals surface area contributed by atoms with Gasteiger partial charge in [0.2, 0.25) is 5.91 Å². The van der Waals surface area contributed by atoms with E-state index >= 15 is 0 Å². The van der Waals surface area contributed by atoms with Crippen molar-refractivity contribution in [3.63, 3.8) is 0 Å². The van der Waals surface area contributed by atoms with E-state index in [2.05, 4.69) is 0 Å². The Morgan fingerprint density at radius 1 is 1.28 bits per heavy atom. The molecule has 0 aromatic heterocycles. The largest absolute Gasteiger partial charge is 0.384 e. The topological polar surface area (TPSA) is 60.9 Å². The van der Waals surface area contributed by atoms with Gasteiger partial charge in [-0.1, -0.05) is 6.07 Å². The summed E-state index contributed by atoms with van der Waals surface area (Å²) in [6.45, 7) is 3.32. The number of carbonyl (C=O) groups excluding carboxylic acids is 2. The Kier molecular flexibility index (Phi) is 4.77. The van der Waals surface area contributed by atoms with Gasteiger partial charge in [0.25, 0.3) is 5.91 Å². The number of piperidine rings is 1. The maximum atomic E-state index is 13.3. The van der Waals surface area contributed by atoms with Gasteiger partial charge < -0.3 is 14.9 Å². The van der Waals surface area contributed by atoms with E-state index in [1.807, 2.05) is 0 Å². The van der Waals surface area contributed by atoms with Crippen LogP contribution in [-0.4, -0.2) is 52.5 Å².